The smallest absolute Gasteiger partial charge is 0.224 e. The van der Waals surface area contributed by atoms with Crippen LogP contribution in [0.25, 0.3) is 0 Å². The lowest BCUT2D eigenvalue weighted by atomic mass is 10.0. The Morgan fingerprint density at radius 1 is 1.33 bits per heavy atom. The number of benzene rings is 1. The first kappa shape index (κ1) is 13.6. The largest absolute Gasteiger partial charge is 0.353 e. The first-order valence-electron chi connectivity index (χ1n) is 6.48. The summed E-state index contributed by atoms with van der Waals surface area (Å²) in [4.78, 5) is 13.5. The van der Waals surface area contributed by atoms with Crippen LogP contribution in [0.15, 0.2) is 28.7 Å². The van der Waals surface area contributed by atoms with Crippen molar-refractivity contribution in [2.75, 3.05) is 20.1 Å². The van der Waals surface area contributed by atoms with Crippen LogP contribution < -0.4 is 10.2 Å². The molecular weight excluding hydrogens is 292 g/mol. The SMILES string of the molecule is C[NH+]1CCC(NC(=O)Cc2ccc(Br)cc2)CC1. The van der Waals surface area contributed by atoms with E-state index in [0.717, 1.165) is 36.0 Å². The molecule has 2 rings (SSSR count). The molecule has 4 heteroatoms. The lowest BCUT2D eigenvalue weighted by Crippen LogP contribution is -3.10. The van der Waals surface area contributed by atoms with Gasteiger partial charge in [-0.25, -0.2) is 0 Å². The molecule has 18 heavy (non-hydrogen) atoms. The van der Waals surface area contributed by atoms with Crippen molar-refractivity contribution in [1.29, 1.82) is 0 Å². The Balaban J connectivity index is 1.80. The van der Waals surface area contributed by atoms with Crippen LogP contribution in [-0.4, -0.2) is 32.1 Å². The van der Waals surface area contributed by atoms with Crippen LogP contribution in [0.5, 0.6) is 0 Å². The summed E-state index contributed by atoms with van der Waals surface area (Å²) >= 11 is 3.39. The summed E-state index contributed by atoms with van der Waals surface area (Å²) in [7, 11) is 2.21. The Kier molecular flexibility index (Phi) is 4.78. The number of piperidine rings is 1. The number of amides is 1. The van der Waals surface area contributed by atoms with E-state index in [2.05, 4.69) is 28.3 Å². The van der Waals surface area contributed by atoms with E-state index >= 15 is 0 Å². The Labute approximate surface area is 117 Å². The maximum Gasteiger partial charge on any atom is 0.224 e. The predicted molar refractivity (Wildman–Crippen MR) is 75.6 cm³/mol. The maximum atomic E-state index is 11.9. The third-order valence-corrected chi connectivity index (χ3v) is 4.01. The van der Waals surface area contributed by atoms with E-state index < -0.39 is 0 Å². The zero-order valence-corrected chi connectivity index (χ0v) is 12.3. The van der Waals surface area contributed by atoms with Crippen LogP contribution in [0.2, 0.25) is 0 Å². The van der Waals surface area contributed by atoms with Gasteiger partial charge in [-0.2, -0.15) is 0 Å². The number of halogens is 1. The number of hydrogen-bond acceptors (Lipinski definition) is 1. The van der Waals surface area contributed by atoms with Gasteiger partial charge in [-0.1, -0.05) is 28.1 Å². The topological polar surface area (TPSA) is 33.5 Å². The van der Waals surface area contributed by atoms with Gasteiger partial charge in [0.15, 0.2) is 0 Å². The van der Waals surface area contributed by atoms with Crippen molar-refractivity contribution in [2.45, 2.75) is 25.3 Å². The van der Waals surface area contributed by atoms with Gasteiger partial charge < -0.3 is 10.2 Å². The van der Waals surface area contributed by atoms with Crippen molar-refractivity contribution in [2.24, 2.45) is 0 Å². The summed E-state index contributed by atoms with van der Waals surface area (Å²) < 4.78 is 1.05. The molecule has 1 saturated heterocycles. The van der Waals surface area contributed by atoms with Crippen LogP contribution >= 0.6 is 15.9 Å². The summed E-state index contributed by atoms with van der Waals surface area (Å²) in [6.45, 7) is 2.31. The Bertz CT molecular complexity index is 397. The van der Waals surface area contributed by atoms with E-state index in [1.165, 1.54) is 0 Å². The summed E-state index contributed by atoms with van der Waals surface area (Å²) in [6, 6.07) is 8.30. The standard InChI is InChI=1S/C14H19BrN2O/c1-17-8-6-13(7-9-17)16-14(18)10-11-2-4-12(15)5-3-11/h2-5,13H,6-10H2,1H3,(H,16,18)/p+1. The van der Waals surface area contributed by atoms with E-state index in [1.54, 1.807) is 4.90 Å². The molecule has 2 N–H and O–H groups in total. The molecule has 3 nitrogen and oxygen atoms in total. The van der Waals surface area contributed by atoms with Gasteiger partial charge in [-0.05, 0) is 17.7 Å². The number of nitrogens with one attached hydrogen (secondary N) is 2. The molecule has 1 aliphatic rings. The molecule has 0 aromatic heterocycles. The molecule has 0 saturated carbocycles. The fourth-order valence-electron chi connectivity index (χ4n) is 2.32. The molecule has 1 amide bonds. The molecule has 0 radical (unpaired) electrons. The van der Waals surface area contributed by atoms with Gasteiger partial charge in [-0.3, -0.25) is 4.79 Å². The summed E-state index contributed by atoms with van der Waals surface area (Å²) in [5, 5.41) is 3.14. The average Bonchev–Trinajstić information content (AvgIpc) is 2.35. The predicted octanol–water partition coefficient (Wildman–Crippen LogP) is 0.785. The minimum atomic E-state index is 0.141. The number of carbonyl (C=O) groups is 1. The number of likely N-dealkylation sites (tertiary alicyclic amines) is 1. The van der Waals surface area contributed by atoms with Crippen molar-refractivity contribution < 1.29 is 9.69 Å². The minimum absolute atomic E-state index is 0.141. The van der Waals surface area contributed by atoms with Crippen LogP contribution in [0, 0.1) is 0 Å². The van der Waals surface area contributed by atoms with E-state index in [0.29, 0.717) is 12.5 Å². The lowest BCUT2D eigenvalue weighted by Gasteiger charge is -2.27. The highest BCUT2D eigenvalue weighted by Crippen LogP contribution is 2.11. The number of quaternary nitrogens is 1. The van der Waals surface area contributed by atoms with Crippen molar-refractivity contribution >= 4 is 21.8 Å². The molecule has 1 aromatic carbocycles. The highest BCUT2D eigenvalue weighted by Gasteiger charge is 2.20. The lowest BCUT2D eigenvalue weighted by molar-refractivity contribution is -0.884. The van der Waals surface area contributed by atoms with Crippen LogP contribution in [0.1, 0.15) is 18.4 Å². The first-order valence-corrected chi connectivity index (χ1v) is 7.28. The van der Waals surface area contributed by atoms with Crippen molar-refractivity contribution in [1.82, 2.24) is 5.32 Å². The molecule has 1 aliphatic heterocycles. The van der Waals surface area contributed by atoms with Gasteiger partial charge in [-0.15, -0.1) is 0 Å². The number of rotatable bonds is 3. The zero-order chi connectivity index (χ0) is 13.0. The van der Waals surface area contributed by atoms with E-state index in [1.807, 2.05) is 24.3 Å². The number of carbonyl (C=O) groups excluding carboxylic acids is 1. The van der Waals surface area contributed by atoms with E-state index in [-0.39, 0.29) is 5.91 Å². The molecule has 1 heterocycles. The Morgan fingerprint density at radius 3 is 2.56 bits per heavy atom. The first-order chi connectivity index (χ1) is 8.63. The molecule has 0 aliphatic carbocycles. The molecule has 1 fully saturated rings. The molecule has 0 unspecified atom stereocenters. The van der Waals surface area contributed by atoms with Crippen LogP contribution in [0.3, 0.4) is 0 Å². The van der Waals surface area contributed by atoms with Crippen molar-refractivity contribution in [3.05, 3.63) is 34.3 Å². The Hall–Kier alpha value is -0.870. The highest BCUT2D eigenvalue weighted by molar-refractivity contribution is 9.10. The molecule has 98 valence electrons. The monoisotopic (exact) mass is 311 g/mol. The van der Waals surface area contributed by atoms with Crippen LogP contribution in [-0.2, 0) is 11.2 Å². The molecule has 0 spiro atoms. The van der Waals surface area contributed by atoms with Crippen LogP contribution in [0.4, 0.5) is 0 Å². The van der Waals surface area contributed by atoms with Gasteiger partial charge in [0.1, 0.15) is 0 Å². The van der Waals surface area contributed by atoms with Gasteiger partial charge in [0.05, 0.1) is 26.6 Å². The second kappa shape index (κ2) is 6.34. The third-order valence-electron chi connectivity index (χ3n) is 3.48. The summed E-state index contributed by atoms with van der Waals surface area (Å²) in [5.41, 5.74) is 1.06. The third kappa shape index (κ3) is 4.10. The summed E-state index contributed by atoms with van der Waals surface area (Å²) in [5.74, 6) is 0.141. The molecular formula is C14H20BrN2O+. The quantitative estimate of drug-likeness (QED) is 0.850. The Morgan fingerprint density at radius 2 is 1.94 bits per heavy atom. The fourth-order valence-corrected chi connectivity index (χ4v) is 2.59. The average molecular weight is 312 g/mol. The molecule has 0 bridgehead atoms. The maximum absolute atomic E-state index is 11.9. The normalized spacial score (nSPS) is 23.7. The highest BCUT2D eigenvalue weighted by atomic mass is 79.9. The van der Waals surface area contributed by atoms with E-state index in [9.17, 15) is 4.79 Å². The zero-order valence-electron chi connectivity index (χ0n) is 10.7. The van der Waals surface area contributed by atoms with Gasteiger partial charge in [0.2, 0.25) is 5.91 Å². The van der Waals surface area contributed by atoms with Crippen molar-refractivity contribution in [3.8, 4) is 0 Å². The van der Waals surface area contributed by atoms with E-state index in [4.69, 9.17) is 0 Å². The second-order valence-electron chi connectivity index (χ2n) is 5.10. The van der Waals surface area contributed by atoms with Gasteiger partial charge in [0.25, 0.3) is 0 Å². The van der Waals surface area contributed by atoms with Gasteiger partial charge in [0, 0.05) is 23.4 Å². The van der Waals surface area contributed by atoms with Gasteiger partial charge >= 0.3 is 0 Å². The molecule has 0 atom stereocenters. The molecule has 1 aromatic rings. The second-order valence-corrected chi connectivity index (χ2v) is 6.02. The number of hydrogen-bond donors (Lipinski definition) is 2. The van der Waals surface area contributed by atoms with Crippen molar-refractivity contribution in [3.63, 3.8) is 0 Å². The fraction of sp³-hybridized carbons (Fsp3) is 0.500. The summed E-state index contributed by atoms with van der Waals surface area (Å²) in [6.07, 6.45) is 2.67. The minimum Gasteiger partial charge on any atom is -0.353 e.